The summed E-state index contributed by atoms with van der Waals surface area (Å²) in [6, 6.07) is 17.3. The van der Waals surface area contributed by atoms with E-state index in [1.165, 1.54) is 0 Å². The van der Waals surface area contributed by atoms with Gasteiger partial charge < -0.3 is 14.8 Å². The fourth-order valence-corrected chi connectivity index (χ4v) is 3.33. The van der Waals surface area contributed by atoms with Gasteiger partial charge in [0.15, 0.2) is 0 Å². The van der Waals surface area contributed by atoms with Crippen LogP contribution in [0.3, 0.4) is 0 Å². The van der Waals surface area contributed by atoms with E-state index in [0.717, 1.165) is 27.8 Å². The van der Waals surface area contributed by atoms with E-state index in [1.807, 2.05) is 65.4 Å². The molecular formula is C22H20ClN5O. The number of halogens is 1. The van der Waals surface area contributed by atoms with Crippen molar-refractivity contribution in [2.45, 2.75) is 6.54 Å². The fourth-order valence-electron chi connectivity index (χ4n) is 3.14. The number of hydrogen-bond donors (Lipinski definition) is 1. The van der Waals surface area contributed by atoms with Crippen LogP contribution in [0.25, 0.3) is 22.2 Å². The summed E-state index contributed by atoms with van der Waals surface area (Å²) in [7, 11) is 3.52. The standard InChI is InChI=1S/C22H20ClN5O/c1-27(2)21(29)14-28-12-10-18-17(7-4-8-20(18)28)19-9-11-24-22(26-19)25-16-6-3-5-15(23)13-16/h3-13H,14H2,1-2H3,(H,24,25,26). The van der Waals surface area contributed by atoms with Gasteiger partial charge in [0.25, 0.3) is 0 Å². The van der Waals surface area contributed by atoms with E-state index in [4.69, 9.17) is 11.6 Å². The lowest BCUT2D eigenvalue weighted by Gasteiger charge is -2.12. The van der Waals surface area contributed by atoms with Gasteiger partial charge in [-0.2, -0.15) is 0 Å². The summed E-state index contributed by atoms with van der Waals surface area (Å²) in [4.78, 5) is 22.7. The Hall–Kier alpha value is -3.38. The highest BCUT2D eigenvalue weighted by atomic mass is 35.5. The van der Waals surface area contributed by atoms with Crippen molar-refractivity contribution in [1.29, 1.82) is 0 Å². The molecule has 0 unspecified atom stereocenters. The maximum atomic E-state index is 12.1. The number of fused-ring (bicyclic) bond motifs is 1. The molecule has 1 N–H and O–H groups in total. The minimum Gasteiger partial charge on any atom is -0.347 e. The summed E-state index contributed by atoms with van der Waals surface area (Å²) in [6.07, 6.45) is 3.66. The molecule has 0 spiro atoms. The number of hydrogen-bond acceptors (Lipinski definition) is 4. The van der Waals surface area contributed by atoms with Crippen LogP contribution in [0.15, 0.2) is 67.0 Å². The molecule has 0 bridgehead atoms. The molecule has 7 heteroatoms. The van der Waals surface area contributed by atoms with Crippen LogP contribution in [0.1, 0.15) is 0 Å². The number of likely N-dealkylation sites (N-methyl/N-ethyl adjacent to an activating group) is 1. The molecule has 0 atom stereocenters. The summed E-state index contributed by atoms with van der Waals surface area (Å²) >= 11 is 6.05. The zero-order chi connectivity index (χ0) is 20.4. The first-order chi connectivity index (χ1) is 14.0. The third-order valence-corrected chi connectivity index (χ3v) is 4.87. The van der Waals surface area contributed by atoms with Crippen molar-refractivity contribution >= 4 is 40.0 Å². The van der Waals surface area contributed by atoms with Gasteiger partial charge in [0.2, 0.25) is 11.9 Å². The van der Waals surface area contributed by atoms with Crippen molar-refractivity contribution in [2.24, 2.45) is 0 Å². The van der Waals surface area contributed by atoms with Crippen LogP contribution in [0.2, 0.25) is 5.02 Å². The van der Waals surface area contributed by atoms with E-state index in [0.29, 0.717) is 17.5 Å². The molecule has 0 aliphatic carbocycles. The van der Waals surface area contributed by atoms with E-state index < -0.39 is 0 Å². The number of nitrogens with one attached hydrogen (secondary N) is 1. The van der Waals surface area contributed by atoms with Gasteiger partial charge in [0.1, 0.15) is 6.54 Å². The Kier molecular flexibility index (Phi) is 5.18. The van der Waals surface area contributed by atoms with Crippen LogP contribution in [-0.2, 0) is 11.3 Å². The van der Waals surface area contributed by atoms with E-state index in [-0.39, 0.29) is 5.91 Å². The third-order valence-electron chi connectivity index (χ3n) is 4.63. The Morgan fingerprint density at radius 3 is 2.76 bits per heavy atom. The molecule has 2 aromatic carbocycles. The van der Waals surface area contributed by atoms with Crippen LogP contribution in [0, 0.1) is 0 Å². The molecule has 4 rings (SSSR count). The van der Waals surface area contributed by atoms with Gasteiger partial charge in [-0.1, -0.05) is 29.8 Å². The zero-order valence-corrected chi connectivity index (χ0v) is 16.9. The lowest BCUT2D eigenvalue weighted by atomic mass is 10.1. The highest BCUT2D eigenvalue weighted by molar-refractivity contribution is 6.30. The predicted molar refractivity (Wildman–Crippen MR) is 116 cm³/mol. The summed E-state index contributed by atoms with van der Waals surface area (Å²) in [5.41, 5.74) is 3.59. The average molecular weight is 406 g/mol. The van der Waals surface area contributed by atoms with Crippen molar-refractivity contribution in [2.75, 3.05) is 19.4 Å². The second-order valence-corrected chi connectivity index (χ2v) is 7.31. The van der Waals surface area contributed by atoms with Gasteiger partial charge in [0.05, 0.1) is 5.69 Å². The SMILES string of the molecule is CN(C)C(=O)Cn1ccc2c(-c3ccnc(Nc4cccc(Cl)c4)n3)cccc21. The van der Waals surface area contributed by atoms with Crippen molar-refractivity contribution in [1.82, 2.24) is 19.4 Å². The monoisotopic (exact) mass is 405 g/mol. The first kappa shape index (κ1) is 19.0. The van der Waals surface area contributed by atoms with Gasteiger partial charge in [-0.25, -0.2) is 9.97 Å². The van der Waals surface area contributed by atoms with E-state index in [9.17, 15) is 4.79 Å². The van der Waals surface area contributed by atoms with Crippen LogP contribution in [-0.4, -0.2) is 39.4 Å². The van der Waals surface area contributed by atoms with E-state index >= 15 is 0 Å². The Morgan fingerprint density at radius 1 is 1.14 bits per heavy atom. The van der Waals surface area contributed by atoms with Gasteiger partial charge in [0, 0.05) is 53.7 Å². The smallest absolute Gasteiger partial charge is 0.241 e. The quantitative estimate of drug-likeness (QED) is 0.527. The first-order valence-electron chi connectivity index (χ1n) is 9.15. The average Bonchev–Trinajstić information content (AvgIpc) is 3.11. The number of rotatable bonds is 5. The van der Waals surface area contributed by atoms with Crippen molar-refractivity contribution in [3.8, 4) is 11.3 Å². The van der Waals surface area contributed by atoms with Gasteiger partial charge in [-0.05, 0) is 36.4 Å². The summed E-state index contributed by atoms with van der Waals surface area (Å²) in [5, 5.41) is 4.86. The van der Waals surface area contributed by atoms with Gasteiger partial charge in [-0.3, -0.25) is 4.79 Å². The molecule has 0 fully saturated rings. The van der Waals surface area contributed by atoms with Gasteiger partial charge in [-0.15, -0.1) is 0 Å². The molecule has 0 aliphatic rings. The number of anilines is 2. The molecule has 146 valence electrons. The van der Waals surface area contributed by atoms with Crippen molar-refractivity contribution in [3.05, 3.63) is 72.0 Å². The molecule has 2 aromatic heterocycles. The third kappa shape index (κ3) is 4.07. The van der Waals surface area contributed by atoms with Crippen LogP contribution in [0.5, 0.6) is 0 Å². The number of carbonyl (C=O) groups excluding carboxylic acids is 1. The second-order valence-electron chi connectivity index (χ2n) is 6.87. The Balaban J connectivity index is 1.68. The van der Waals surface area contributed by atoms with Gasteiger partial charge >= 0.3 is 0 Å². The lowest BCUT2D eigenvalue weighted by Crippen LogP contribution is -2.25. The summed E-state index contributed by atoms with van der Waals surface area (Å²) in [6.45, 7) is 0.297. The fraction of sp³-hybridized carbons (Fsp3) is 0.136. The van der Waals surface area contributed by atoms with Crippen LogP contribution >= 0.6 is 11.6 Å². The molecule has 0 aliphatic heterocycles. The Morgan fingerprint density at radius 2 is 1.97 bits per heavy atom. The van der Waals surface area contributed by atoms with E-state index in [2.05, 4.69) is 15.3 Å². The maximum Gasteiger partial charge on any atom is 0.241 e. The molecule has 1 amide bonds. The van der Waals surface area contributed by atoms with Crippen molar-refractivity contribution < 1.29 is 4.79 Å². The topological polar surface area (TPSA) is 63.1 Å². The Bertz CT molecular complexity index is 1180. The highest BCUT2D eigenvalue weighted by Gasteiger charge is 2.12. The minimum absolute atomic E-state index is 0.0444. The zero-order valence-electron chi connectivity index (χ0n) is 16.1. The molecule has 6 nitrogen and oxygen atoms in total. The molecular weight excluding hydrogens is 386 g/mol. The second kappa shape index (κ2) is 7.93. The normalized spacial score (nSPS) is 10.9. The molecule has 4 aromatic rings. The van der Waals surface area contributed by atoms with Crippen LogP contribution < -0.4 is 5.32 Å². The molecule has 0 saturated heterocycles. The lowest BCUT2D eigenvalue weighted by molar-refractivity contribution is -0.129. The molecule has 0 saturated carbocycles. The molecule has 0 radical (unpaired) electrons. The Labute approximate surface area is 173 Å². The maximum absolute atomic E-state index is 12.1. The number of aromatic nitrogens is 3. The number of nitrogens with zero attached hydrogens (tertiary/aromatic N) is 4. The van der Waals surface area contributed by atoms with E-state index in [1.54, 1.807) is 25.2 Å². The minimum atomic E-state index is 0.0444. The number of benzene rings is 2. The summed E-state index contributed by atoms with van der Waals surface area (Å²) < 4.78 is 1.95. The first-order valence-corrected chi connectivity index (χ1v) is 9.53. The molecule has 29 heavy (non-hydrogen) atoms. The van der Waals surface area contributed by atoms with Crippen LogP contribution in [0.4, 0.5) is 11.6 Å². The number of carbonyl (C=O) groups is 1. The van der Waals surface area contributed by atoms with Crippen molar-refractivity contribution in [3.63, 3.8) is 0 Å². The highest BCUT2D eigenvalue weighted by Crippen LogP contribution is 2.29. The largest absolute Gasteiger partial charge is 0.347 e. The predicted octanol–water partition coefficient (Wildman–Crippen LogP) is 4.58. The molecule has 2 heterocycles. The summed E-state index contributed by atoms with van der Waals surface area (Å²) in [5.74, 6) is 0.534. The number of amides is 1.